The lowest BCUT2D eigenvalue weighted by Gasteiger charge is -2.39. The molecule has 5 N–H and O–H groups in total. The third-order valence-electron chi connectivity index (χ3n) is 2.25. The minimum Gasteiger partial charge on any atom is -0.394 e. The van der Waals surface area contributed by atoms with Crippen molar-refractivity contribution in [2.24, 2.45) is 0 Å². The van der Waals surface area contributed by atoms with E-state index in [1.165, 1.54) is 0 Å². The van der Waals surface area contributed by atoms with Crippen molar-refractivity contribution in [3.63, 3.8) is 0 Å². The van der Waals surface area contributed by atoms with Gasteiger partial charge in [-0.3, -0.25) is 0 Å². The number of hydrogen-bond donors (Lipinski definition) is 5. The van der Waals surface area contributed by atoms with Crippen LogP contribution in [0, 0.1) is 0 Å². The maximum Gasteiger partial charge on any atom is 0.209 e. The first-order valence-corrected chi connectivity index (χ1v) is 6.43. The van der Waals surface area contributed by atoms with Gasteiger partial charge in [0.05, 0.1) is 12.9 Å². The number of aliphatic hydroxyl groups excluding tert-OH is 4. The zero-order valence-electron chi connectivity index (χ0n) is 8.52. The predicted molar refractivity (Wildman–Crippen MR) is 51.7 cm³/mol. The minimum absolute atomic E-state index is 0.596. The summed E-state index contributed by atoms with van der Waals surface area (Å²) in [6.45, 7) is -0.596. The van der Waals surface area contributed by atoms with Gasteiger partial charge in [-0.1, -0.05) is 0 Å². The Bertz CT molecular complexity index is 332. The fourth-order valence-electron chi connectivity index (χ4n) is 1.47. The Balaban J connectivity index is 2.80. The van der Waals surface area contributed by atoms with E-state index in [9.17, 15) is 23.7 Å². The van der Waals surface area contributed by atoms with E-state index >= 15 is 0 Å². The molecule has 9 heteroatoms. The van der Waals surface area contributed by atoms with Gasteiger partial charge < -0.3 is 25.2 Å². The molecular weight excluding hydrogens is 242 g/mol. The lowest BCUT2D eigenvalue weighted by Crippen LogP contribution is -2.63. The average Bonchev–Trinajstić information content (AvgIpc) is 2.17. The molecule has 0 aromatic rings. The molecule has 1 unspecified atom stereocenters. The third-order valence-corrected chi connectivity index (χ3v) is 2.95. The van der Waals surface area contributed by atoms with E-state index in [1.807, 2.05) is 4.72 Å². The molecule has 1 aliphatic heterocycles. The van der Waals surface area contributed by atoms with Crippen LogP contribution >= 0.6 is 0 Å². The molecule has 0 aromatic heterocycles. The Morgan fingerprint density at radius 3 is 2.25 bits per heavy atom. The number of rotatable bonds is 3. The smallest absolute Gasteiger partial charge is 0.209 e. The van der Waals surface area contributed by atoms with Crippen LogP contribution in [0.3, 0.4) is 0 Å². The monoisotopic (exact) mass is 257 g/mol. The van der Waals surface area contributed by atoms with E-state index in [-0.39, 0.29) is 0 Å². The second kappa shape index (κ2) is 4.92. The Kier molecular flexibility index (Phi) is 4.23. The van der Waals surface area contributed by atoms with Gasteiger partial charge in [-0.05, 0) is 0 Å². The summed E-state index contributed by atoms with van der Waals surface area (Å²) in [5.74, 6) is 0. The summed E-state index contributed by atoms with van der Waals surface area (Å²) in [5, 5.41) is 37.1. The minimum atomic E-state index is -3.66. The lowest BCUT2D eigenvalue weighted by atomic mass is 9.98. The molecule has 0 spiro atoms. The summed E-state index contributed by atoms with van der Waals surface area (Å²) in [5.41, 5.74) is 0. The maximum atomic E-state index is 10.9. The van der Waals surface area contributed by atoms with Crippen molar-refractivity contribution in [1.82, 2.24) is 4.72 Å². The van der Waals surface area contributed by atoms with E-state index in [2.05, 4.69) is 0 Å². The molecule has 0 aromatic carbocycles. The Labute approximate surface area is 92.5 Å². The van der Waals surface area contributed by atoms with Crippen molar-refractivity contribution < 1.29 is 33.6 Å². The average molecular weight is 257 g/mol. The summed E-state index contributed by atoms with van der Waals surface area (Å²) in [7, 11) is -3.66. The van der Waals surface area contributed by atoms with E-state index in [4.69, 9.17) is 9.84 Å². The van der Waals surface area contributed by atoms with Crippen LogP contribution < -0.4 is 4.72 Å². The van der Waals surface area contributed by atoms with Gasteiger partial charge in [0.2, 0.25) is 10.0 Å². The van der Waals surface area contributed by atoms with Gasteiger partial charge in [0.1, 0.15) is 24.4 Å². The van der Waals surface area contributed by atoms with E-state index < -0.39 is 47.3 Å². The Morgan fingerprint density at radius 1 is 1.25 bits per heavy atom. The molecule has 1 heterocycles. The number of sulfonamides is 1. The molecule has 0 aliphatic carbocycles. The highest BCUT2D eigenvalue weighted by Crippen LogP contribution is 2.19. The molecular formula is C7H15NO7S. The fourth-order valence-corrected chi connectivity index (χ4v) is 2.22. The van der Waals surface area contributed by atoms with Gasteiger partial charge in [-0.15, -0.1) is 0 Å². The van der Waals surface area contributed by atoms with Crippen molar-refractivity contribution >= 4 is 10.0 Å². The predicted octanol–water partition coefficient (Wildman–Crippen LogP) is -3.66. The van der Waals surface area contributed by atoms with Crippen LogP contribution in [-0.2, 0) is 14.8 Å². The Hall–Kier alpha value is -0.290. The Morgan fingerprint density at radius 2 is 1.81 bits per heavy atom. The van der Waals surface area contributed by atoms with Gasteiger partial charge in [-0.25, -0.2) is 13.1 Å². The first-order chi connectivity index (χ1) is 7.26. The van der Waals surface area contributed by atoms with E-state index in [0.29, 0.717) is 0 Å². The summed E-state index contributed by atoms with van der Waals surface area (Å²) >= 11 is 0. The highest BCUT2D eigenvalue weighted by atomic mass is 32.2. The van der Waals surface area contributed by atoms with Gasteiger partial charge in [-0.2, -0.15) is 0 Å². The van der Waals surface area contributed by atoms with Crippen molar-refractivity contribution in [3.8, 4) is 0 Å². The quantitative estimate of drug-likeness (QED) is 0.351. The topological polar surface area (TPSA) is 136 Å². The summed E-state index contributed by atoms with van der Waals surface area (Å²) < 4.78 is 28.5. The van der Waals surface area contributed by atoms with Crippen molar-refractivity contribution in [2.75, 3.05) is 12.9 Å². The molecule has 96 valence electrons. The first kappa shape index (κ1) is 13.8. The number of nitrogens with one attached hydrogen (secondary N) is 1. The summed E-state index contributed by atoms with van der Waals surface area (Å²) in [4.78, 5) is 0. The van der Waals surface area contributed by atoms with Gasteiger partial charge >= 0.3 is 0 Å². The van der Waals surface area contributed by atoms with Crippen LogP contribution in [0.4, 0.5) is 0 Å². The molecule has 16 heavy (non-hydrogen) atoms. The molecule has 0 bridgehead atoms. The maximum absolute atomic E-state index is 10.9. The molecule has 1 aliphatic rings. The summed E-state index contributed by atoms with van der Waals surface area (Å²) in [6, 6.07) is -1.37. The summed E-state index contributed by atoms with van der Waals surface area (Å²) in [6.07, 6.45) is -4.98. The highest BCUT2D eigenvalue weighted by molar-refractivity contribution is 7.88. The molecule has 0 amide bonds. The molecule has 5 atom stereocenters. The van der Waals surface area contributed by atoms with Gasteiger partial charge in [0.25, 0.3) is 0 Å². The zero-order valence-corrected chi connectivity index (χ0v) is 9.33. The van der Waals surface area contributed by atoms with Crippen LogP contribution in [0.15, 0.2) is 0 Å². The highest BCUT2D eigenvalue weighted by Gasteiger charge is 2.44. The van der Waals surface area contributed by atoms with Gasteiger partial charge in [0, 0.05) is 0 Å². The fraction of sp³-hybridized carbons (Fsp3) is 1.00. The van der Waals surface area contributed by atoms with Crippen LogP contribution in [0.25, 0.3) is 0 Å². The SMILES string of the molecule is CS(=O)(=O)N[C@H]1C(O)O[C@H](CO)[C@H](O)[C@@H]1O. The molecule has 0 saturated carbocycles. The van der Waals surface area contributed by atoms with Crippen LogP contribution in [-0.4, -0.2) is 72.4 Å². The zero-order chi connectivity index (χ0) is 12.5. The molecule has 1 fully saturated rings. The van der Waals surface area contributed by atoms with Crippen LogP contribution in [0.1, 0.15) is 0 Å². The van der Waals surface area contributed by atoms with Crippen LogP contribution in [0.5, 0.6) is 0 Å². The van der Waals surface area contributed by atoms with Crippen molar-refractivity contribution in [1.29, 1.82) is 0 Å². The molecule has 0 radical (unpaired) electrons. The van der Waals surface area contributed by atoms with Crippen LogP contribution in [0.2, 0.25) is 0 Å². The largest absolute Gasteiger partial charge is 0.394 e. The normalized spacial score (nSPS) is 40.9. The number of aliphatic hydroxyl groups is 4. The molecule has 1 saturated heterocycles. The van der Waals surface area contributed by atoms with Crippen molar-refractivity contribution in [3.05, 3.63) is 0 Å². The second-order valence-corrected chi connectivity index (χ2v) is 5.42. The molecule has 8 nitrogen and oxygen atoms in total. The number of hydrogen-bond acceptors (Lipinski definition) is 7. The standard InChI is InChI=1S/C7H15NO7S/c1-16(13,14)8-4-6(11)5(10)3(2-9)15-7(4)12/h3-12H,2H2,1H3/t3-,4-,5+,6-,7?/m1/s1. The van der Waals surface area contributed by atoms with E-state index in [1.54, 1.807) is 0 Å². The first-order valence-electron chi connectivity index (χ1n) is 4.54. The van der Waals surface area contributed by atoms with Gasteiger partial charge in [0.15, 0.2) is 6.29 Å². The molecule has 1 rings (SSSR count). The number of ether oxygens (including phenoxy) is 1. The third kappa shape index (κ3) is 3.10. The van der Waals surface area contributed by atoms with E-state index in [0.717, 1.165) is 6.26 Å². The second-order valence-electron chi connectivity index (χ2n) is 3.64. The van der Waals surface area contributed by atoms with Crippen molar-refractivity contribution in [2.45, 2.75) is 30.6 Å². The lowest BCUT2D eigenvalue weighted by molar-refractivity contribution is -0.251.